The van der Waals surface area contributed by atoms with Gasteiger partial charge < -0.3 is 15.2 Å². The zero-order chi connectivity index (χ0) is 13.8. The fourth-order valence-corrected chi connectivity index (χ4v) is 1.25. The van der Waals surface area contributed by atoms with Crippen molar-refractivity contribution in [2.75, 3.05) is 13.1 Å². The average Bonchev–Trinajstić information content (AvgIpc) is 2.30. The topological polar surface area (TPSA) is 92.7 Å². The Bertz CT molecular complexity index is 278. The van der Waals surface area contributed by atoms with Gasteiger partial charge in [0.15, 0.2) is 0 Å². The number of carbonyl (C=O) groups is 3. The van der Waals surface area contributed by atoms with Crippen LogP contribution in [0.25, 0.3) is 0 Å². The second-order valence-electron chi connectivity index (χ2n) is 3.98. The van der Waals surface area contributed by atoms with Gasteiger partial charge in [-0.3, -0.25) is 14.4 Å². The molecule has 6 nitrogen and oxygen atoms in total. The lowest BCUT2D eigenvalue weighted by Gasteiger charge is -2.04. The van der Waals surface area contributed by atoms with Crippen LogP contribution in [-0.4, -0.2) is 36.1 Å². The quantitative estimate of drug-likeness (QED) is 0.346. The molecule has 0 aromatic rings. The van der Waals surface area contributed by atoms with Gasteiger partial charge in [-0.25, -0.2) is 0 Å². The van der Waals surface area contributed by atoms with Crippen molar-refractivity contribution in [1.82, 2.24) is 5.32 Å². The van der Waals surface area contributed by atoms with E-state index in [-0.39, 0.29) is 19.4 Å². The lowest BCUT2D eigenvalue weighted by Crippen LogP contribution is -2.27. The molecule has 0 bridgehead atoms. The van der Waals surface area contributed by atoms with Crippen LogP contribution < -0.4 is 5.32 Å². The Balaban J connectivity index is 3.49. The number of nitrogens with one attached hydrogen (secondary N) is 1. The Kier molecular flexibility index (Phi) is 9.86. The first-order chi connectivity index (χ1) is 8.56. The van der Waals surface area contributed by atoms with Crippen LogP contribution in [0.3, 0.4) is 0 Å². The highest BCUT2D eigenvalue weighted by Gasteiger charge is 2.09. The van der Waals surface area contributed by atoms with E-state index in [9.17, 15) is 14.4 Å². The van der Waals surface area contributed by atoms with E-state index in [1.54, 1.807) is 0 Å². The fraction of sp³-hybridized carbons (Fsp3) is 0.750. The lowest BCUT2D eigenvalue weighted by atomic mass is 10.2. The number of esters is 2. The first-order valence-corrected chi connectivity index (χ1v) is 6.22. The fourth-order valence-electron chi connectivity index (χ4n) is 1.25. The van der Waals surface area contributed by atoms with Crippen molar-refractivity contribution < 1.29 is 24.2 Å². The molecule has 0 aliphatic heterocycles. The zero-order valence-corrected chi connectivity index (χ0v) is 10.7. The molecule has 0 saturated heterocycles. The third-order valence-electron chi connectivity index (χ3n) is 2.23. The molecule has 0 heterocycles. The van der Waals surface area contributed by atoms with Crippen molar-refractivity contribution in [3.63, 3.8) is 0 Å². The van der Waals surface area contributed by atoms with Gasteiger partial charge in [-0.15, -0.1) is 0 Å². The van der Waals surface area contributed by atoms with Gasteiger partial charge in [-0.2, -0.15) is 0 Å². The van der Waals surface area contributed by atoms with Gasteiger partial charge in [0.2, 0.25) is 0 Å². The predicted molar refractivity (Wildman–Crippen MR) is 65.0 cm³/mol. The molecule has 104 valence electrons. The molecule has 0 rings (SSSR count). The molecule has 2 N–H and O–H groups in total. The van der Waals surface area contributed by atoms with Crippen molar-refractivity contribution in [2.45, 2.75) is 45.4 Å². The highest BCUT2D eigenvalue weighted by atomic mass is 16.6. The van der Waals surface area contributed by atoms with Crippen molar-refractivity contribution in [1.29, 1.82) is 0 Å². The summed E-state index contributed by atoms with van der Waals surface area (Å²) in [5.41, 5.74) is 0. The summed E-state index contributed by atoms with van der Waals surface area (Å²) in [6.07, 6.45) is 2.93. The summed E-state index contributed by atoms with van der Waals surface area (Å²) < 4.78 is 4.55. The second-order valence-corrected chi connectivity index (χ2v) is 3.98. The van der Waals surface area contributed by atoms with Crippen LogP contribution >= 0.6 is 0 Å². The molecule has 0 fully saturated rings. The van der Waals surface area contributed by atoms with Gasteiger partial charge in [0, 0.05) is 12.8 Å². The van der Waals surface area contributed by atoms with Crippen LogP contribution in [0.2, 0.25) is 0 Å². The number of ether oxygens (including phenoxy) is 1. The van der Waals surface area contributed by atoms with E-state index in [2.05, 4.69) is 10.1 Å². The number of unbranched alkanes of at least 4 members (excludes halogenated alkanes) is 2. The molecular formula is C12H21NO5. The summed E-state index contributed by atoms with van der Waals surface area (Å²) in [6, 6.07) is 0. The SMILES string of the molecule is CCCCNCC(=O)OC(=O)CCCCC(=O)O. The van der Waals surface area contributed by atoms with Gasteiger partial charge in [-0.05, 0) is 25.8 Å². The molecular weight excluding hydrogens is 238 g/mol. The molecule has 0 aromatic heterocycles. The predicted octanol–water partition coefficient (Wildman–Crippen LogP) is 1.09. The van der Waals surface area contributed by atoms with E-state index < -0.39 is 17.9 Å². The zero-order valence-electron chi connectivity index (χ0n) is 10.7. The summed E-state index contributed by atoms with van der Waals surface area (Å²) in [7, 11) is 0. The van der Waals surface area contributed by atoms with E-state index in [1.807, 2.05) is 6.92 Å². The minimum Gasteiger partial charge on any atom is -0.481 e. The molecule has 0 atom stereocenters. The number of carboxylic acid groups (broad SMARTS) is 1. The first kappa shape index (κ1) is 16.6. The van der Waals surface area contributed by atoms with Gasteiger partial charge in [-0.1, -0.05) is 13.3 Å². The molecule has 0 saturated carbocycles. The second kappa shape index (κ2) is 10.7. The number of hydrogen-bond acceptors (Lipinski definition) is 5. The third-order valence-corrected chi connectivity index (χ3v) is 2.23. The molecule has 0 aliphatic carbocycles. The minimum atomic E-state index is -0.889. The largest absolute Gasteiger partial charge is 0.481 e. The molecule has 0 aliphatic rings. The Labute approximate surface area is 107 Å². The summed E-state index contributed by atoms with van der Waals surface area (Å²) in [5, 5.41) is 11.3. The highest BCUT2D eigenvalue weighted by molar-refractivity contribution is 5.86. The molecule has 18 heavy (non-hydrogen) atoms. The molecule has 0 amide bonds. The van der Waals surface area contributed by atoms with Crippen molar-refractivity contribution in [3.05, 3.63) is 0 Å². The standard InChI is InChI=1S/C12H21NO5/c1-2-3-8-13-9-12(17)18-11(16)7-5-4-6-10(14)15/h13H,2-9H2,1H3,(H,14,15). The van der Waals surface area contributed by atoms with Crippen molar-refractivity contribution >= 4 is 17.9 Å². The summed E-state index contributed by atoms with van der Waals surface area (Å²) in [5.74, 6) is -2.07. The van der Waals surface area contributed by atoms with Crippen LogP contribution in [0.1, 0.15) is 45.4 Å². The number of aliphatic carboxylic acids is 1. The van der Waals surface area contributed by atoms with Gasteiger partial charge >= 0.3 is 17.9 Å². The van der Waals surface area contributed by atoms with Crippen molar-refractivity contribution in [2.24, 2.45) is 0 Å². The summed E-state index contributed by atoms with van der Waals surface area (Å²) >= 11 is 0. The normalized spacial score (nSPS) is 10.1. The van der Waals surface area contributed by atoms with E-state index in [1.165, 1.54) is 0 Å². The number of rotatable bonds is 10. The monoisotopic (exact) mass is 259 g/mol. The number of carbonyl (C=O) groups excluding carboxylic acids is 2. The summed E-state index contributed by atoms with van der Waals surface area (Å²) in [4.78, 5) is 32.5. The van der Waals surface area contributed by atoms with E-state index in [0.29, 0.717) is 12.8 Å². The van der Waals surface area contributed by atoms with Crippen LogP contribution in [0, 0.1) is 0 Å². The molecule has 6 heteroatoms. The number of hydrogen-bond donors (Lipinski definition) is 2. The van der Waals surface area contributed by atoms with Crippen molar-refractivity contribution in [3.8, 4) is 0 Å². The Morgan fingerprint density at radius 2 is 1.72 bits per heavy atom. The Hall–Kier alpha value is -1.43. The maximum absolute atomic E-state index is 11.2. The molecule has 0 radical (unpaired) electrons. The van der Waals surface area contributed by atoms with Crippen LogP contribution in [0.5, 0.6) is 0 Å². The van der Waals surface area contributed by atoms with Gasteiger partial charge in [0.1, 0.15) is 0 Å². The van der Waals surface area contributed by atoms with Crippen LogP contribution in [-0.2, 0) is 19.1 Å². The van der Waals surface area contributed by atoms with E-state index in [0.717, 1.165) is 19.4 Å². The summed E-state index contributed by atoms with van der Waals surface area (Å²) in [6.45, 7) is 2.79. The molecule has 0 unspecified atom stereocenters. The Morgan fingerprint density at radius 1 is 1.06 bits per heavy atom. The van der Waals surface area contributed by atoms with Crippen LogP contribution in [0.4, 0.5) is 0 Å². The Morgan fingerprint density at radius 3 is 2.33 bits per heavy atom. The number of carboxylic acids is 1. The third kappa shape index (κ3) is 11.1. The lowest BCUT2D eigenvalue weighted by molar-refractivity contribution is -0.159. The smallest absolute Gasteiger partial charge is 0.327 e. The van der Waals surface area contributed by atoms with E-state index >= 15 is 0 Å². The van der Waals surface area contributed by atoms with Gasteiger partial charge in [0.05, 0.1) is 6.54 Å². The maximum Gasteiger partial charge on any atom is 0.327 e. The first-order valence-electron chi connectivity index (χ1n) is 6.22. The molecule has 0 spiro atoms. The highest BCUT2D eigenvalue weighted by Crippen LogP contribution is 2.01. The van der Waals surface area contributed by atoms with Crippen LogP contribution in [0.15, 0.2) is 0 Å². The average molecular weight is 259 g/mol. The maximum atomic E-state index is 11.2. The van der Waals surface area contributed by atoms with Gasteiger partial charge in [0.25, 0.3) is 0 Å². The van der Waals surface area contributed by atoms with E-state index in [4.69, 9.17) is 5.11 Å². The molecule has 0 aromatic carbocycles. The minimum absolute atomic E-state index is 0.0276.